The normalized spacial score (nSPS) is 26.5. The maximum absolute atomic E-state index is 13.8. The Morgan fingerprint density at radius 3 is 2.53 bits per heavy atom. The molecular formula is C30H24BrNO6. The molecule has 6 rings (SSSR count). The van der Waals surface area contributed by atoms with Crippen LogP contribution in [0.2, 0.25) is 0 Å². The molecule has 0 spiro atoms. The number of carbonyl (C=O) groups is 4. The summed E-state index contributed by atoms with van der Waals surface area (Å²) < 4.78 is 5.75. The summed E-state index contributed by atoms with van der Waals surface area (Å²) in [4.78, 5) is 55.3. The van der Waals surface area contributed by atoms with Crippen LogP contribution in [0.4, 0.5) is 0 Å². The van der Waals surface area contributed by atoms with E-state index < -0.39 is 23.7 Å². The Bertz CT molecular complexity index is 1500. The van der Waals surface area contributed by atoms with E-state index in [9.17, 15) is 24.3 Å². The van der Waals surface area contributed by atoms with Crippen molar-refractivity contribution < 1.29 is 29.0 Å². The Labute approximate surface area is 227 Å². The molecule has 2 aromatic rings. The summed E-state index contributed by atoms with van der Waals surface area (Å²) in [6.45, 7) is 0.197. The number of aromatic hydroxyl groups is 1. The standard InChI is InChI=1S/C30H24BrNO6/c1-38-24-11-16(33)7-8-18(24)25-17-9-10-19-26(20(17)12-21-27(25)23(34)13-22(31)28(21)35)30(37)32(29(19)36)14-15-5-3-2-4-6-15/h2-9,11,13,19-20,25-26,33H,10,12,14H2,1H3/t19-,20+,25+,26-/m0/s1. The van der Waals surface area contributed by atoms with E-state index >= 15 is 0 Å². The van der Waals surface area contributed by atoms with E-state index in [1.54, 1.807) is 6.07 Å². The lowest BCUT2D eigenvalue weighted by Crippen LogP contribution is -2.39. The van der Waals surface area contributed by atoms with Crippen LogP contribution in [0.15, 0.2) is 81.9 Å². The fourth-order valence-electron chi connectivity index (χ4n) is 6.49. The molecule has 1 heterocycles. The van der Waals surface area contributed by atoms with Crippen molar-refractivity contribution in [2.45, 2.75) is 25.3 Å². The SMILES string of the molecule is COc1cc(O)ccc1[C@H]1C2=CC[C@@H]3C(=O)N(Cc4ccccc4)C(=O)[C@@H]3[C@@H]2CC2=C1C(=O)C=C(Br)C2=O. The van der Waals surface area contributed by atoms with Crippen LogP contribution in [0.25, 0.3) is 0 Å². The van der Waals surface area contributed by atoms with Crippen LogP contribution in [-0.4, -0.2) is 40.5 Å². The van der Waals surface area contributed by atoms with Crippen molar-refractivity contribution in [2.75, 3.05) is 7.11 Å². The predicted octanol–water partition coefficient (Wildman–Crippen LogP) is 4.36. The van der Waals surface area contributed by atoms with Crippen molar-refractivity contribution in [3.05, 3.63) is 93.0 Å². The largest absolute Gasteiger partial charge is 0.508 e. The van der Waals surface area contributed by atoms with Gasteiger partial charge in [-0.15, -0.1) is 0 Å². The van der Waals surface area contributed by atoms with Gasteiger partial charge in [-0.1, -0.05) is 48.0 Å². The summed E-state index contributed by atoms with van der Waals surface area (Å²) >= 11 is 3.24. The number of phenols is 1. The van der Waals surface area contributed by atoms with E-state index in [1.165, 1.54) is 30.2 Å². The average Bonchev–Trinajstić information content (AvgIpc) is 3.16. The van der Waals surface area contributed by atoms with Crippen LogP contribution in [0.1, 0.15) is 29.9 Å². The maximum atomic E-state index is 13.8. The van der Waals surface area contributed by atoms with Crippen molar-refractivity contribution in [3.8, 4) is 11.5 Å². The molecule has 0 saturated carbocycles. The quantitative estimate of drug-likeness (QED) is 0.331. The van der Waals surface area contributed by atoms with Crippen molar-refractivity contribution in [2.24, 2.45) is 17.8 Å². The Morgan fingerprint density at radius 2 is 1.79 bits per heavy atom. The lowest BCUT2D eigenvalue weighted by Gasteiger charge is -2.42. The first kappa shape index (κ1) is 24.6. The lowest BCUT2D eigenvalue weighted by molar-refractivity contribution is -0.140. The third-order valence-electron chi connectivity index (χ3n) is 8.13. The first-order valence-electron chi connectivity index (χ1n) is 12.5. The molecule has 8 heteroatoms. The summed E-state index contributed by atoms with van der Waals surface area (Å²) in [5.74, 6) is -2.85. The Kier molecular flexibility index (Phi) is 5.94. The third-order valence-corrected chi connectivity index (χ3v) is 8.72. The van der Waals surface area contributed by atoms with Crippen molar-refractivity contribution in [3.63, 3.8) is 0 Å². The van der Waals surface area contributed by atoms with Gasteiger partial charge in [0.25, 0.3) is 0 Å². The van der Waals surface area contributed by atoms with Gasteiger partial charge >= 0.3 is 0 Å². The molecular weight excluding hydrogens is 550 g/mol. The zero-order valence-corrected chi connectivity index (χ0v) is 22.1. The zero-order chi connectivity index (χ0) is 26.7. The molecule has 2 aromatic carbocycles. The van der Waals surface area contributed by atoms with Gasteiger partial charge in [0.2, 0.25) is 11.8 Å². The van der Waals surface area contributed by atoms with Crippen LogP contribution in [0.5, 0.6) is 11.5 Å². The second-order valence-electron chi connectivity index (χ2n) is 10.1. The van der Waals surface area contributed by atoms with Gasteiger partial charge < -0.3 is 9.84 Å². The number of halogens is 1. The van der Waals surface area contributed by atoms with Crippen LogP contribution in [0.3, 0.4) is 0 Å². The number of phenolic OH excluding ortho intramolecular Hbond substituents is 1. The van der Waals surface area contributed by atoms with Crippen molar-refractivity contribution in [1.29, 1.82) is 0 Å². The second-order valence-corrected chi connectivity index (χ2v) is 10.9. The highest BCUT2D eigenvalue weighted by Crippen LogP contribution is 2.56. The minimum Gasteiger partial charge on any atom is -0.508 e. The summed E-state index contributed by atoms with van der Waals surface area (Å²) in [5.41, 5.74) is 3.04. The molecule has 7 nitrogen and oxygen atoms in total. The molecule has 4 aliphatic rings. The van der Waals surface area contributed by atoms with Crippen molar-refractivity contribution in [1.82, 2.24) is 4.90 Å². The van der Waals surface area contributed by atoms with Crippen LogP contribution in [-0.2, 0) is 25.7 Å². The number of carbonyl (C=O) groups excluding carboxylic acids is 4. The summed E-state index contributed by atoms with van der Waals surface area (Å²) in [6.07, 6.45) is 3.83. The Morgan fingerprint density at radius 1 is 1.03 bits per heavy atom. The number of benzene rings is 2. The van der Waals surface area contributed by atoms with E-state index in [1.807, 2.05) is 36.4 Å². The molecule has 1 fully saturated rings. The molecule has 0 aromatic heterocycles. The topological polar surface area (TPSA) is 101 Å². The van der Waals surface area contributed by atoms with Gasteiger partial charge in [-0.2, -0.15) is 0 Å². The molecule has 192 valence electrons. The number of methoxy groups -OCH3 is 1. The number of imide groups is 1. The van der Waals surface area contributed by atoms with Gasteiger partial charge in [0.15, 0.2) is 11.6 Å². The average molecular weight is 574 g/mol. The van der Waals surface area contributed by atoms with Crippen molar-refractivity contribution >= 4 is 39.3 Å². The number of allylic oxidation sites excluding steroid dienone is 6. The fraction of sp³-hybridized carbons (Fsp3) is 0.267. The summed E-state index contributed by atoms with van der Waals surface area (Å²) in [7, 11) is 1.48. The molecule has 1 aliphatic heterocycles. The summed E-state index contributed by atoms with van der Waals surface area (Å²) in [5, 5.41) is 10.1. The molecule has 1 N–H and O–H groups in total. The van der Waals surface area contributed by atoms with Gasteiger partial charge in [-0.3, -0.25) is 24.1 Å². The molecule has 2 amide bonds. The molecule has 1 saturated heterocycles. The van der Waals surface area contributed by atoms with Gasteiger partial charge in [-0.05, 0) is 46.3 Å². The van der Waals surface area contributed by atoms with E-state index in [-0.39, 0.29) is 46.6 Å². The number of ether oxygens (including phenoxy) is 1. The number of ketones is 2. The molecule has 0 unspecified atom stereocenters. The van der Waals surface area contributed by atoms with Gasteiger partial charge in [-0.25, -0.2) is 0 Å². The number of hydrogen-bond donors (Lipinski definition) is 1. The first-order valence-corrected chi connectivity index (χ1v) is 13.2. The van der Waals surface area contributed by atoms with E-state index in [0.717, 1.165) is 11.1 Å². The highest BCUT2D eigenvalue weighted by molar-refractivity contribution is 9.12. The number of Topliss-reactive ketones (excluding diaryl/α,β-unsaturated/α-hetero) is 1. The second kappa shape index (κ2) is 9.20. The molecule has 0 radical (unpaired) electrons. The molecule has 4 atom stereocenters. The molecule has 3 aliphatic carbocycles. The van der Waals surface area contributed by atoms with E-state index in [0.29, 0.717) is 28.9 Å². The van der Waals surface area contributed by atoms with Crippen LogP contribution in [0, 0.1) is 17.8 Å². The van der Waals surface area contributed by atoms with E-state index in [4.69, 9.17) is 4.74 Å². The third kappa shape index (κ3) is 3.69. The number of fused-ring (bicyclic) bond motifs is 3. The van der Waals surface area contributed by atoms with Crippen LogP contribution < -0.4 is 4.74 Å². The van der Waals surface area contributed by atoms with E-state index in [2.05, 4.69) is 15.9 Å². The monoisotopic (exact) mass is 573 g/mol. The first-order chi connectivity index (χ1) is 18.3. The Balaban J connectivity index is 1.47. The molecule has 0 bridgehead atoms. The fourth-order valence-corrected chi connectivity index (χ4v) is 6.93. The Hall–Kier alpha value is -3.78. The number of amides is 2. The minimum absolute atomic E-state index is 0.00617. The number of likely N-dealkylation sites (tertiary alicyclic amines) is 1. The lowest BCUT2D eigenvalue weighted by atomic mass is 9.59. The van der Waals surface area contributed by atoms with Gasteiger partial charge in [0.1, 0.15) is 11.5 Å². The number of rotatable bonds is 4. The molecule has 38 heavy (non-hydrogen) atoms. The zero-order valence-electron chi connectivity index (χ0n) is 20.5. The summed E-state index contributed by atoms with van der Waals surface area (Å²) in [6, 6.07) is 14.1. The smallest absolute Gasteiger partial charge is 0.234 e. The van der Waals surface area contributed by atoms with Gasteiger partial charge in [0.05, 0.1) is 30.0 Å². The highest BCUT2D eigenvalue weighted by atomic mass is 79.9. The van der Waals surface area contributed by atoms with Gasteiger partial charge in [0, 0.05) is 34.8 Å². The maximum Gasteiger partial charge on any atom is 0.234 e. The van der Waals surface area contributed by atoms with Crippen LogP contribution >= 0.6 is 15.9 Å². The number of nitrogens with zero attached hydrogens (tertiary/aromatic N) is 1. The predicted molar refractivity (Wildman–Crippen MR) is 141 cm³/mol. The minimum atomic E-state index is -0.639. The number of hydrogen-bond acceptors (Lipinski definition) is 6. The highest BCUT2D eigenvalue weighted by Gasteiger charge is 2.56.